The van der Waals surface area contributed by atoms with Crippen molar-refractivity contribution in [1.29, 1.82) is 0 Å². The van der Waals surface area contributed by atoms with Crippen LogP contribution >= 0.6 is 23.2 Å². The highest BCUT2D eigenvalue weighted by Crippen LogP contribution is 2.23. The molecule has 0 saturated heterocycles. The summed E-state index contributed by atoms with van der Waals surface area (Å²) in [6.07, 6.45) is 1.54. The first-order valence-corrected chi connectivity index (χ1v) is 6.15. The molecule has 0 amide bonds. The summed E-state index contributed by atoms with van der Waals surface area (Å²) in [5.41, 5.74) is 2.02. The third kappa shape index (κ3) is 2.57. The monoisotopic (exact) mass is 291 g/mol. The van der Waals surface area contributed by atoms with E-state index in [1.165, 1.54) is 0 Å². The highest BCUT2D eigenvalue weighted by Gasteiger charge is 2.07. The Morgan fingerprint density at radius 3 is 2.53 bits per heavy atom. The lowest BCUT2D eigenvalue weighted by atomic mass is 10.3. The molecule has 3 rings (SSSR count). The molecule has 0 radical (unpaired) electrons. The van der Waals surface area contributed by atoms with E-state index in [0.717, 1.165) is 5.69 Å². The van der Waals surface area contributed by atoms with Gasteiger partial charge in [0.05, 0.1) is 5.02 Å². The maximum absolute atomic E-state index is 5.86. The Bertz CT molecular complexity index is 730. The Balaban J connectivity index is 2.03. The molecule has 0 atom stereocenters. The minimum atomic E-state index is 0.505. The first-order chi connectivity index (χ1) is 9.22. The molecule has 2 heterocycles. The second-order valence-corrected chi connectivity index (χ2v) is 4.66. The highest BCUT2D eigenvalue weighted by atomic mass is 35.5. The van der Waals surface area contributed by atoms with Crippen molar-refractivity contribution < 1.29 is 0 Å². The number of benzene rings is 1. The zero-order valence-corrected chi connectivity index (χ0v) is 11.0. The molecule has 0 aliphatic carbocycles. The molecule has 0 spiro atoms. The number of fused-ring (bicyclic) bond motifs is 1. The third-order valence-electron chi connectivity index (χ3n) is 2.46. The maximum Gasteiger partial charge on any atom is 0.183 e. The molecule has 5 nitrogen and oxygen atoms in total. The molecule has 2 aromatic heterocycles. The summed E-state index contributed by atoms with van der Waals surface area (Å²) >= 11 is 11.7. The lowest BCUT2D eigenvalue weighted by Gasteiger charge is -2.06. The van der Waals surface area contributed by atoms with Crippen LogP contribution in [0.2, 0.25) is 10.0 Å². The number of halogens is 2. The number of hydrogen-bond donors (Lipinski definition) is 1. The lowest BCUT2D eigenvalue weighted by molar-refractivity contribution is 0.897. The van der Waals surface area contributed by atoms with Crippen molar-refractivity contribution in [2.45, 2.75) is 0 Å². The molecular formula is C12H7Cl2N5. The van der Waals surface area contributed by atoms with Gasteiger partial charge in [0.1, 0.15) is 11.0 Å². The van der Waals surface area contributed by atoms with Gasteiger partial charge in [0.25, 0.3) is 0 Å². The van der Waals surface area contributed by atoms with Crippen LogP contribution in [0.4, 0.5) is 11.5 Å². The first-order valence-electron chi connectivity index (χ1n) is 5.39. The fourth-order valence-corrected chi connectivity index (χ4v) is 1.88. The fourth-order valence-electron chi connectivity index (χ4n) is 1.60. The fraction of sp³-hybridized carbons (Fsp3) is 0. The Morgan fingerprint density at radius 2 is 1.74 bits per heavy atom. The predicted molar refractivity (Wildman–Crippen MR) is 74.9 cm³/mol. The van der Waals surface area contributed by atoms with Crippen LogP contribution in [0.3, 0.4) is 0 Å². The predicted octanol–water partition coefficient (Wildman–Crippen LogP) is 3.47. The molecule has 0 aliphatic heterocycles. The van der Waals surface area contributed by atoms with Crippen LogP contribution < -0.4 is 5.32 Å². The van der Waals surface area contributed by atoms with E-state index in [1.54, 1.807) is 24.4 Å². The van der Waals surface area contributed by atoms with Gasteiger partial charge >= 0.3 is 0 Å². The van der Waals surface area contributed by atoms with Crippen LogP contribution in [0.5, 0.6) is 0 Å². The smallest absolute Gasteiger partial charge is 0.183 e. The van der Waals surface area contributed by atoms with Gasteiger partial charge < -0.3 is 5.32 Å². The van der Waals surface area contributed by atoms with Crippen LogP contribution in [0, 0.1) is 0 Å². The average molecular weight is 292 g/mol. The standard InChI is InChI=1S/C12H7Cl2N5/c13-7-1-3-9(4-2-7)16-12-11-10(17-19-18-12)5-8(14)6-15-11/h1-6H,(H,16,17,18). The van der Waals surface area contributed by atoms with Gasteiger partial charge in [-0.2, -0.15) is 0 Å². The van der Waals surface area contributed by atoms with E-state index in [0.29, 0.717) is 26.9 Å². The van der Waals surface area contributed by atoms with Crippen molar-refractivity contribution in [2.24, 2.45) is 0 Å². The summed E-state index contributed by atoms with van der Waals surface area (Å²) in [5, 5.41) is 15.8. The molecule has 1 N–H and O–H groups in total. The van der Waals surface area contributed by atoms with Gasteiger partial charge in [-0.15, -0.1) is 10.2 Å². The van der Waals surface area contributed by atoms with E-state index < -0.39 is 0 Å². The summed E-state index contributed by atoms with van der Waals surface area (Å²) in [6.45, 7) is 0. The Kier molecular flexibility index (Phi) is 3.15. The number of rotatable bonds is 2. The number of nitrogens with zero attached hydrogens (tertiary/aromatic N) is 4. The van der Waals surface area contributed by atoms with E-state index >= 15 is 0 Å². The number of anilines is 2. The first kappa shape index (κ1) is 12.1. The molecule has 19 heavy (non-hydrogen) atoms. The van der Waals surface area contributed by atoms with Gasteiger partial charge in [-0.1, -0.05) is 23.2 Å². The van der Waals surface area contributed by atoms with Crippen LogP contribution in [-0.2, 0) is 0 Å². The van der Waals surface area contributed by atoms with Crippen LogP contribution in [-0.4, -0.2) is 20.4 Å². The summed E-state index contributed by atoms with van der Waals surface area (Å²) in [4.78, 5) is 4.21. The zero-order valence-electron chi connectivity index (χ0n) is 9.51. The highest BCUT2D eigenvalue weighted by molar-refractivity contribution is 6.31. The van der Waals surface area contributed by atoms with E-state index in [-0.39, 0.29) is 0 Å². The topological polar surface area (TPSA) is 63.6 Å². The van der Waals surface area contributed by atoms with Crippen molar-refractivity contribution >= 4 is 45.7 Å². The van der Waals surface area contributed by atoms with Crippen LogP contribution in [0.25, 0.3) is 11.0 Å². The molecule has 0 unspecified atom stereocenters. The Morgan fingerprint density at radius 1 is 0.947 bits per heavy atom. The minimum absolute atomic E-state index is 0.505. The molecule has 0 saturated carbocycles. The van der Waals surface area contributed by atoms with E-state index in [1.807, 2.05) is 12.1 Å². The van der Waals surface area contributed by atoms with Gasteiger partial charge in [-0.25, -0.2) is 4.98 Å². The van der Waals surface area contributed by atoms with Gasteiger partial charge in [-0.05, 0) is 35.5 Å². The largest absolute Gasteiger partial charge is 0.337 e. The van der Waals surface area contributed by atoms with E-state index in [9.17, 15) is 0 Å². The SMILES string of the molecule is Clc1ccc(Nc2nnnc3cc(Cl)cnc23)cc1. The van der Waals surface area contributed by atoms with Crippen molar-refractivity contribution in [1.82, 2.24) is 20.4 Å². The number of nitrogens with one attached hydrogen (secondary N) is 1. The van der Waals surface area contributed by atoms with Gasteiger partial charge in [-0.3, -0.25) is 0 Å². The summed E-state index contributed by atoms with van der Waals surface area (Å²) in [5.74, 6) is 0.518. The average Bonchev–Trinajstić information content (AvgIpc) is 2.41. The van der Waals surface area contributed by atoms with Crippen molar-refractivity contribution in [2.75, 3.05) is 5.32 Å². The van der Waals surface area contributed by atoms with Crippen molar-refractivity contribution in [3.05, 3.63) is 46.6 Å². The van der Waals surface area contributed by atoms with Crippen LogP contribution in [0.15, 0.2) is 36.5 Å². The molecule has 7 heteroatoms. The second-order valence-electron chi connectivity index (χ2n) is 3.79. The number of aromatic nitrogens is 4. The van der Waals surface area contributed by atoms with Gasteiger partial charge in [0.15, 0.2) is 5.82 Å². The molecule has 0 fully saturated rings. The second kappa shape index (κ2) is 4.95. The molecule has 3 aromatic rings. The lowest BCUT2D eigenvalue weighted by Crippen LogP contribution is -2.00. The maximum atomic E-state index is 5.86. The van der Waals surface area contributed by atoms with Gasteiger partial charge in [0, 0.05) is 16.9 Å². The van der Waals surface area contributed by atoms with Crippen LogP contribution in [0.1, 0.15) is 0 Å². The quantitative estimate of drug-likeness (QED) is 0.783. The number of pyridine rings is 1. The van der Waals surface area contributed by atoms with Crippen molar-refractivity contribution in [3.63, 3.8) is 0 Å². The summed E-state index contributed by atoms with van der Waals surface area (Å²) < 4.78 is 0. The molecule has 1 aromatic carbocycles. The zero-order chi connectivity index (χ0) is 13.2. The molecule has 94 valence electrons. The normalized spacial score (nSPS) is 10.6. The third-order valence-corrected chi connectivity index (χ3v) is 2.92. The van der Waals surface area contributed by atoms with E-state index in [4.69, 9.17) is 23.2 Å². The Labute approximate surface area is 118 Å². The molecule has 0 bridgehead atoms. The summed E-state index contributed by atoms with van der Waals surface area (Å²) in [7, 11) is 0. The Hall–Kier alpha value is -1.98. The summed E-state index contributed by atoms with van der Waals surface area (Å²) in [6, 6.07) is 8.93. The number of hydrogen-bond acceptors (Lipinski definition) is 5. The van der Waals surface area contributed by atoms with Crippen molar-refractivity contribution in [3.8, 4) is 0 Å². The minimum Gasteiger partial charge on any atom is -0.337 e. The van der Waals surface area contributed by atoms with Gasteiger partial charge in [0.2, 0.25) is 0 Å². The molecular weight excluding hydrogens is 285 g/mol. The van der Waals surface area contributed by atoms with E-state index in [2.05, 4.69) is 25.7 Å². The molecule has 0 aliphatic rings.